The van der Waals surface area contributed by atoms with E-state index in [0.29, 0.717) is 35.2 Å². The van der Waals surface area contributed by atoms with E-state index in [-0.39, 0.29) is 29.4 Å². The van der Waals surface area contributed by atoms with Crippen LogP contribution in [0.4, 0.5) is 0 Å². The van der Waals surface area contributed by atoms with Crippen LogP contribution in [0.2, 0.25) is 0 Å². The van der Waals surface area contributed by atoms with E-state index in [4.69, 9.17) is 0 Å². The predicted molar refractivity (Wildman–Crippen MR) is 86.9 cm³/mol. The van der Waals surface area contributed by atoms with Crippen LogP contribution in [-0.2, 0) is 4.79 Å². The molecular formula is C18H23N2O3+. The average Bonchev–Trinajstić information content (AvgIpc) is 2.54. The molecule has 5 heteroatoms. The lowest BCUT2D eigenvalue weighted by Gasteiger charge is -2.19. The molecule has 1 aromatic carbocycles. The molecule has 0 aliphatic heterocycles. The van der Waals surface area contributed by atoms with Crippen LogP contribution in [0.25, 0.3) is 0 Å². The van der Waals surface area contributed by atoms with Gasteiger partial charge in [-0.1, -0.05) is 38.1 Å². The molecule has 0 saturated carbocycles. The van der Waals surface area contributed by atoms with Crippen molar-refractivity contribution in [3.05, 3.63) is 46.5 Å². The number of nitrogens with one attached hydrogen (secondary N) is 1. The highest BCUT2D eigenvalue weighted by Gasteiger charge is 2.29. The molecule has 0 aromatic heterocycles. The molecule has 0 saturated heterocycles. The van der Waals surface area contributed by atoms with Crippen LogP contribution < -0.4 is 11.1 Å². The molecule has 1 aliphatic carbocycles. The summed E-state index contributed by atoms with van der Waals surface area (Å²) in [6.07, 6.45) is 0.349. The summed E-state index contributed by atoms with van der Waals surface area (Å²) in [4.78, 5) is 36.8. The van der Waals surface area contributed by atoms with Crippen molar-refractivity contribution in [1.29, 1.82) is 0 Å². The molecule has 23 heavy (non-hydrogen) atoms. The maximum absolute atomic E-state index is 12.6. The molecule has 0 radical (unpaired) electrons. The van der Waals surface area contributed by atoms with E-state index < -0.39 is 0 Å². The number of ketones is 2. The third-order valence-electron chi connectivity index (χ3n) is 4.30. The van der Waals surface area contributed by atoms with Gasteiger partial charge in [-0.25, -0.2) is 0 Å². The van der Waals surface area contributed by atoms with Crippen LogP contribution in [0, 0.1) is 5.92 Å². The van der Waals surface area contributed by atoms with E-state index in [2.05, 4.69) is 11.1 Å². The highest BCUT2D eigenvalue weighted by Crippen LogP contribution is 2.27. The number of Topliss-reactive ketones (excluding diaryl/α,β-unsaturated/α-hetero) is 2. The number of carbonyl (C=O) groups is 3. The molecule has 0 bridgehead atoms. The standard InChI is InChI=1S/C18H22N2O3/c1-10(2)15(19)18(23)20-9-8-12-11(3)16(21)13-6-4-5-7-14(13)17(12)22/h4-7,10,15H,8-9,19H2,1-3H3,(H,20,23)/p+1. The first kappa shape index (κ1) is 17.1. The number of fused-ring (bicyclic) bond motifs is 1. The topological polar surface area (TPSA) is 90.9 Å². The summed E-state index contributed by atoms with van der Waals surface area (Å²) >= 11 is 0. The number of rotatable bonds is 5. The smallest absolute Gasteiger partial charge is 0.278 e. The van der Waals surface area contributed by atoms with E-state index in [1.165, 1.54) is 0 Å². The molecule has 4 N–H and O–H groups in total. The fourth-order valence-corrected chi connectivity index (χ4v) is 2.60. The molecule has 1 atom stereocenters. The Morgan fingerprint density at radius 1 is 1.13 bits per heavy atom. The minimum Gasteiger partial charge on any atom is -0.351 e. The molecule has 0 heterocycles. The quantitative estimate of drug-likeness (QED) is 0.854. The molecule has 1 unspecified atom stereocenters. The summed E-state index contributed by atoms with van der Waals surface area (Å²) in [7, 11) is 0. The lowest BCUT2D eigenvalue weighted by Crippen LogP contribution is -2.69. The van der Waals surface area contributed by atoms with Gasteiger partial charge in [-0.15, -0.1) is 0 Å². The van der Waals surface area contributed by atoms with E-state index >= 15 is 0 Å². The number of hydrogen-bond donors (Lipinski definition) is 2. The lowest BCUT2D eigenvalue weighted by molar-refractivity contribution is -0.414. The molecule has 1 aromatic rings. The van der Waals surface area contributed by atoms with Crippen LogP contribution in [-0.4, -0.2) is 30.1 Å². The van der Waals surface area contributed by atoms with Gasteiger partial charge in [0.05, 0.1) is 0 Å². The number of benzene rings is 1. The number of allylic oxidation sites excluding steroid dienone is 1. The molecule has 5 nitrogen and oxygen atoms in total. The normalized spacial score (nSPS) is 15.7. The van der Waals surface area contributed by atoms with Crippen molar-refractivity contribution >= 4 is 17.5 Å². The maximum Gasteiger partial charge on any atom is 0.278 e. The Kier molecular flexibility index (Phi) is 5.11. The van der Waals surface area contributed by atoms with Gasteiger partial charge >= 0.3 is 0 Å². The highest BCUT2D eigenvalue weighted by atomic mass is 16.2. The maximum atomic E-state index is 12.6. The van der Waals surface area contributed by atoms with Gasteiger partial charge in [-0.05, 0) is 13.3 Å². The number of carbonyl (C=O) groups excluding carboxylic acids is 3. The van der Waals surface area contributed by atoms with E-state index in [0.717, 1.165) is 0 Å². The zero-order valence-electron chi connectivity index (χ0n) is 13.8. The SMILES string of the molecule is CC1=C(CCNC(=O)C([NH3+])C(C)C)C(=O)c2ccccc2C1=O. The second-order valence-corrected chi connectivity index (χ2v) is 6.20. The molecule has 122 valence electrons. The highest BCUT2D eigenvalue weighted by molar-refractivity contribution is 6.26. The Labute approximate surface area is 135 Å². The summed E-state index contributed by atoms with van der Waals surface area (Å²) in [6, 6.07) is 6.52. The fraction of sp³-hybridized carbons (Fsp3) is 0.389. The van der Waals surface area contributed by atoms with Crippen LogP contribution in [0.5, 0.6) is 0 Å². The number of quaternary nitrogens is 1. The number of amides is 1. The minimum absolute atomic E-state index is 0.112. The van der Waals surface area contributed by atoms with Crippen molar-refractivity contribution in [1.82, 2.24) is 5.32 Å². The van der Waals surface area contributed by atoms with Gasteiger partial charge in [0.25, 0.3) is 5.91 Å². The van der Waals surface area contributed by atoms with Crippen LogP contribution in [0.1, 0.15) is 47.9 Å². The summed E-state index contributed by atoms with van der Waals surface area (Å²) in [5.41, 5.74) is 5.69. The first-order chi connectivity index (χ1) is 10.8. The van der Waals surface area contributed by atoms with Crippen molar-refractivity contribution in [2.75, 3.05) is 6.54 Å². The average molecular weight is 315 g/mol. The zero-order valence-corrected chi connectivity index (χ0v) is 13.8. The Hall–Kier alpha value is -2.27. The van der Waals surface area contributed by atoms with Gasteiger partial charge in [-0.3, -0.25) is 14.4 Å². The summed E-state index contributed by atoms with van der Waals surface area (Å²) in [6.45, 7) is 5.87. The summed E-state index contributed by atoms with van der Waals surface area (Å²) < 4.78 is 0. The lowest BCUT2D eigenvalue weighted by atomic mass is 9.83. The monoisotopic (exact) mass is 315 g/mol. The van der Waals surface area contributed by atoms with Gasteiger partial charge in [0, 0.05) is 34.7 Å². The van der Waals surface area contributed by atoms with Crippen molar-refractivity contribution in [2.24, 2.45) is 5.92 Å². The fourth-order valence-electron chi connectivity index (χ4n) is 2.60. The van der Waals surface area contributed by atoms with E-state index in [9.17, 15) is 14.4 Å². The zero-order chi connectivity index (χ0) is 17.1. The van der Waals surface area contributed by atoms with Gasteiger partial charge in [0.15, 0.2) is 17.6 Å². The Morgan fingerprint density at radius 3 is 2.26 bits per heavy atom. The Morgan fingerprint density at radius 2 is 1.70 bits per heavy atom. The van der Waals surface area contributed by atoms with Crippen molar-refractivity contribution in [3.8, 4) is 0 Å². The second-order valence-electron chi connectivity index (χ2n) is 6.20. The summed E-state index contributed by atoms with van der Waals surface area (Å²) in [5.74, 6) is -0.213. The number of hydrogen-bond acceptors (Lipinski definition) is 3. The first-order valence-electron chi connectivity index (χ1n) is 7.83. The molecule has 1 amide bonds. The van der Waals surface area contributed by atoms with Crippen LogP contribution >= 0.6 is 0 Å². The molecule has 0 fully saturated rings. The van der Waals surface area contributed by atoms with Gasteiger partial charge in [0.2, 0.25) is 0 Å². The Bertz CT molecular complexity index is 689. The van der Waals surface area contributed by atoms with Crippen LogP contribution in [0.3, 0.4) is 0 Å². The van der Waals surface area contributed by atoms with Crippen molar-refractivity contribution in [2.45, 2.75) is 33.2 Å². The summed E-state index contributed by atoms with van der Waals surface area (Å²) in [5, 5.41) is 2.79. The third-order valence-corrected chi connectivity index (χ3v) is 4.30. The van der Waals surface area contributed by atoms with Gasteiger partial charge in [-0.2, -0.15) is 0 Å². The van der Waals surface area contributed by atoms with Gasteiger partial charge < -0.3 is 11.1 Å². The third kappa shape index (κ3) is 3.40. The van der Waals surface area contributed by atoms with Gasteiger partial charge in [0.1, 0.15) is 0 Å². The Balaban J connectivity index is 2.09. The van der Waals surface area contributed by atoms with E-state index in [1.807, 2.05) is 13.8 Å². The van der Waals surface area contributed by atoms with E-state index in [1.54, 1.807) is 31.2 Å². The minimum atomic E-state index is -0.325. The molecular weight excluding hydrogens is 292 g/mol. The first-order valence-corrected chi connectivity index (χ1v) is 7.83. The molecule has 0 spiro atoms. The van der Waals surface area contributed by atoms with Crippen LogP contribution in [0.15, 0.2) is 35.4 Å². The second kappa shape index (κ2) is 6.87. The molecule has 1 aliphatic rings. The molecule has 2 rings (SSSR count). The van der Waals surface area contributed by atoms with Crippen molar-refractivity contribution < 1.29 is 20.1 Å². The largest absolute Gasteiger partial charge is 0.351 e. The van der Waals surface area contributed by atoms with Crippen molar-refractivity contribution in [3.63, 3.8) is 0 Å². The predicted octanol–water partition coefficient (Wildman–Crippen LogP) is 1.15.